The number of para-hydroxylation sites is 2. The minimum atomic E-state index is -0.612. The van der Waals surface area contributed by atoms with Crippen LogP contribution in [-0.2, 0) is 4.79 Å². The van der Waals surface area contributed by atoms with Crippen LogP contribution in [-0.4, -0.2) is 18.1 Å². The largest absolute Gasteiger partial charge is 0.489 e. The molecule has 2 rings (SSSR count). The minimum absolute atomic E-state index is 0.0342. The van der Waals surface area contributed by atoms with Crippen molar-refractivity contribution in [1.82, 2.24) is 0 Å². The predicted molar refractivity (Wildman–Crippen MR) is 96.8 cm³/mol. The first-order valence-electron chi connectivity index (χ1n) is 8.17. The Morgan fingerprint density at radius 1 is 0.958 bits per heavy atom. The molecule has 2 aromatic rings. The molecule has 0 aromatic heterocycles. The lowest BCUT2D eigenvalue weighted by Gasteiger charge is -2.18. The molecule has 0 saturated heterocycles. The zero-order chi connectivity index (χ0) is 17.7. The topological polar surface area (TPSA) is 47.6 Å². The van der Waals surface area contributed by atoms with Crippen molar-refractivity contribution in [1.29, 1.82) is 0 Å². The summed E-state index contributed by atoms with van der Waals surface area (Å²) in [4.78, 5) is 12.4. The molecule has 0 aliphatic carbocycles. The fraction of sp³-hybridized carbons (Fsp3) is 0.350. The molecule has 1 N–H and O–H groups in total. The van der Waals surface area contributed by atoms with Crippen LogP contribution in [0.1, 0.15) is 31.9 Å². The fourth-order valence-corrected chi connectivity index (χ4v) is 2.34. The third kappa shape index (κ3) is 4.75. The van der Waals surface area contributed by atoms with Crippen molar-refractivity contribution in [3.05, 3.63) is 53.6 Å². The van der Waals surface area contributed by atoms with Gasteiger partial charge in [-0.1, -0.05) is 29.8 Å². The molecule has 0 spiro atoms. The lowest BCUT2D eigenvalue weighted by Crippen LogP contribution is -2.30. The Morgan fingerprint density at radius 2 is 1.67 bits per heavy atom. The molecule has 2 aromatic carbocycles. The summed E-state index contributed by atoms with van der Waals surface area (Å²) in [5, 5.41) is 2.88. The van der Waals surface area contributed by atoms with Gasteiger partial charge in [-0.15, -0.1) is 0 Å². The quantitative estimate of drug-likeness (QED) is 0.850. The average Bonchev–Trinajstić information content (AvgIpc) is 2.51. The van der Waals surface area contributed by atoms with Crippen LogP contribution in [0.2, 0.25) is 0 Å². The molecule has 0 saturated carbocycles. The van der Waals surface area contributed by atoms with E-state index < -0.39 is 6.10 Å². The van der Waals surface area contributed by atoms with Crippen LogP contribution in [0, 0.1) is 13.8 Å². The van der Waals surface area contributed by atoms with Crippen LogP contribution in [0.4, 0.5) is 5.69 Å². The van der Waals surface area contributed by atoms with Gasteiger partial charge in [-0.05, 0) is 58.4 Å². The molecule has 0 aliphatic heterocycles. The molecule has 0 radical (unpaired) electrons. The van der Waals surface area contributed by atoms with E-state index in [1.807, 2.05) is 70.2 Å². The van der Waals surface area contributed by atoms with Crippen LogP contribution in [0.25, 0.3) is 0 Å². The van der Waals surface area contributed by atoms with E-state index in [1.165, 1.54) is 0 Å². The van der Waals surface area contributed by atoms with Gasteiger partial charge in [-0.3, -0.25) is 4.79 Å². The van der Waals surface area contributed by atoms with Crippen molar-refractivity contribution in [2.24, 2.45) is 0 Å². The van der Waals surface area contributed by atoms with Crippen LogP contribution in [0.5, 0.6) is 11.5 Å². The highest BCUT2D eigenvalue weighted by molar-refractivity contribution is 5.95. The summed E-state index contributed by atoms with van der Waals surface area (Å²) in [7, 11) is 0. The van der Waals surface area contributed by atoms with E-state index in [9.17, 15) is 4.79 Å². The van der Waals surface area contributed by atoms with Gasteiger partial charge in [-0.2, -0.15) is 0 Å². The summed E-state index contributed by atoms with van der Waals surface area (Å²) in [5.74, 6) is 1.16. The van der Waals surface area contributed by atoms with Crippen LogP contribution in [0.3, 0.4) is 0 Å². The van der Waals surface area contributed by atoms with E-state index in [-0.39, 0.29) is 12.0 Å². The highest BCUT2D eigenvalue weighted by atomic mass is 16.5. The maximum Gasteiger partial charge on any atom is 0.265 e. The first kappa shape index (κ1) is 17.9. The lowest BCUT2D eigenvalue weighted by molar-refractivity contribution is -0.122. The van der Waals surface area contributed by atoms with E-state index in [0.29, 0.717) is 11.4 Å². The van der Waals surface area contributed by atoms with Gasteiger partial charge in [0.05, 0.1) is 11.8 Å². The van der Waals surface area contributed by atoms with Crippen LogP contribution >= 0.6 is 0 Å². The minimum Gasteiger partial charge on any atom is -0.489 e. The highest BCUT2D eigenvalue weighted by Crippen LogP contribution is 2.26. The Labute approximate surface area is 143 Å². The van der Waals surface area contributed by atoms with Crippen LogP contribution < -0.4 is 14.8 Å². The van der Waals surface area contributed by atoms with Crippen molar-refractivity contribution in [3.63, 3.8) is 0 Å². The van der Waals surface area contributed by atoms with Gasteiger partial charge in [0.1, 0.15) is 11.5 Å². The van der Waals surface area contributed by atoms with Gasteiger partial charge < -0.3 is 14.8 Å². The maximum atomic E-state index is 12.4. The summed E-state index contributed by atoms with van der Waals surface area (Å²) in [6.45, 7) is 9.63. The van der Waals surface area contributed by atoms with E-state index in [2.05, 4.69) is 5.32 Å². The van der Waals surface area contributed by atoms with E-state index >= 15 is 0 Å². The molecule has 128 valence electrons. The second-order valence-electron chi connectivity index (χ2n) is 6.18. The molecule has 1 amide bonds. The summed E-state index contributed by atoms with van der Waals surface area (Å²) >= 11 is 0. The van der Waals surface area contributed by atoms with Gasteiger partial charge in [0.15, 0.2) is 6.10 Å². The van der Waals surface area contributed by atoms with Crippen molar-refractivity contribution in [2.75, 3.05) is 5.32 Å². The Hall–Kier alpha value is -2.49. The Balaban J connectivity index is 2.06. The maximum absolute atomic E-state index is 12.4. The van der Waals surface area contributed by atoms with Gasteiger partial charge in [0, 0.05) is 0 Å². The Kier molecular flexibility index (Phi) is 5.85. The molecule has 1 unspecified atom stereocenters. The van der Waals surface area contributed by atoms with E-state index in [1.54, 1.807) is 6.92 Å². The number of aryl methyl sites for hydroxylation is 2. The first-order chi connectivity index (χ1) is 11.4. The SMILES string of the molecule is Cc1ccc(OC(C)C(=O)Nc2ccccc2OC(C)C)c(C)c1. The molecule has 0 heterocycles. The summed E-state index contributed by atoms with van der Waals surface area (Å²) in [5.41, 5.74) is 2.82. The van der Waals surface area contributed by atoms with E-state index in [0.717, 1.165) is 16.9 Å². The molecular formula is C20H25NO3. The van der Waals surface area contributed by atoms with Crippen LogP contribution in [0.15, 0.2) is 42.5 Å². The standard InChI is InChI=1S/C20H25NO3/c1-13(2)23-19-9-7-6-8-17(19)21-20(22)16(5)24-18-11-10-14(3)12-15(18)4/h6-13,16H,1-5H3,(H,21,22). The van der Waals surface area contributed by atoms with Gasteiger partial charge in [-0.25, -0.2) is 0 Å². The third-order valence-corrected chi connectivity index (χ3v) is 3.51. The zero-order valence-electron chi connectivity index (χ0n) is 14.9. The number of anilines is 1. The fourth-order valence-electron chi connectivity index (χ4n) is 2.34. The normalized spacial score (nSPS) is 11.9. The number of hydrogen-bond donors (Lipinski definition) is 1. The second-order valence-corrected chi connectivity index (χ2v) is 6.18. The molecule has 0 aliphatic rings. The molecule has 1 atom stereocenters. The smallest absolute Gasteiger partial charge is 0.265 e. The molecule has 4 nitrogen and oxygen atoms in total. The van der Waals surface area contributed by atoms with Crippen molar-refractivity contribution in [3.8, 4) is 11.5 Å². The summed E-state index contributed by atoms with van der Waals surface area (Å²) < 4.78 is 11.5. The number of amides is 1. The number of nitrogens with one attached hydrogen (secondary N) is 1. The monoisotopic (exact) mass is 327 g/mol. The Morgan fingerprint density at radius 3 is 2.33 bits per heavy atom. The zero-order valence-corrected chi connectivity index (χ0v) is 14.9. The first-order valence-corrected chi connectivity index (χ1v) is 8.17. The molecule has 0 fully saturated rings. The number of hydrogen-bond acceptors (Lipinski definition) is 3. The second kappa shape index (κ2) is 7.86. The lowest BCUT2D eigenvalue weighted by atomic mass is 10.1. The molecule has 24 heavy (non-hydrogen) atoms. The third-order valence-electron chi connectivity index (χ3n) is 3.51. The summed E-state index contributed by atoms with van der Waals surface area (Å²) in [6.07, 6.45) is -0.578. The Bertz CT molecular complexity index is 710. The summed E-state index contributed by atoms with van der Waals surface area (Å²) in [6, 6.07) is 13.3. The van der Waals surface area contributed by atoms with Gasteiger partial charge in [0.25, 0.3) is 5.91 Å². The highest BCUT2D eigenvalue weighted by Gasteiger charge is 2.17. The molecular weight excluding hydrogens is 302 g/mol. The number of rotatable bonds is 6. The van der Waals surface area contributed by atoms with Crippen molar-refractivity contribution >= 4 is 11.6 Å². The predicted octanol–water partition coefficient (Wildman–Crippen LogP) is 4.50. The molecule has 4 heteroatoms. The van der Waals surface area contributed by atoms with Gasteiger partial charge >= 0.3 is 0 Å². The number of carbonyl (C=O) groups excluding carboxylic acids is 1. The van der Waals surface area contributed by atoms with Crippen molar-refractivity contribution < 1.29 is 14.3 Å². The number of benzene rings is 2. The molecule has 0 bridgehead atoms. The van der Waals surface area contributed by atoms with Gasteiger partial charge in [0.2, 0.25) is 0 Å². The number of ether oxygens (including phenoxy) is 2. The average molecular weight is 327 g/mol. The van der Waals surface area contributed by atoms with E-state index in [4.69, 9.17) is 9.47 Å². The number of carbonyl (C=O) groups is 1. The van der Waals surface area contributed by atoms with Crippen molar-refractivity contribution in [2.45, 2.75) is 46.8 Å².